The van der Waals surface area contributed by atoms with E-state index < -0.39 is 6.10 Å². The number of hydrogen-bond acceptors (Lipinski definition) is 3. The maximum absolute atomic E-state index is 10.2. The molecule has 0 bridgehead atoms. The van der Waals surface area contributed by atoms with E-state index in [1.807, 2.05) is 32.0 Å². The van der Waals surface area contributed by atoms with Gasteiger partial charge in [-0.3, -0.25) is 0 Å². The summed E-state index contributed by atoms with van der Waals surface area (Å²) in [5.41, 5.74) is 1.99. The summed E-state index contributed by atoms with van der Waals surface area (Å²) >= 11 is 0. The van der Waals surface area contributed by atoms with E-state index in [9.17, 15) is 5.11 Å². The smallest absolute Gasteiger partial charge is 0.125 e. The van der Waals surface area contributed by atoms with E-state index >= 15 is 0 Å². The van der Waals surface area contributed by atoms with Crippen LogP contribution in [0.1, 0.15) is 38.0 Å². The summed E-state index contributed by atoms with van der Waals surface area (Å²) in [5, 5.41) is 13.4. The van der Waals surface area contributed by atoms with Gasteiger partial charge in [-0.2, -0.15) is 0 Å². The second kappa shape index (κ2) is 6.62. The number of aryl methyl sites for hydroxylation is 1. The molecule has 1 atom stereocenters. The molecule has 0 saturated carbocycles. The van der Waals surface area contributed by atoms with Gasteiger partial charge in [-0.1, -0.05) is 25.5 Å². The van der Waals surface area contributed by atoms with Gasteiger partial charge in [0.05, 0.1) is 12.7 Å². The highest BCUT2D eigenvalue weighted by Crippen LogP contribution is 2.26. The fourth-order valence-electron chi connectivity index (χ4n) is 1.67. The summed E-state index contributed by atoms with van der Waals surface area (Å²) in [5.74, 6) is 0.774. The summed E-state index contributed by atoms with van der Waals surface area (Å²) in [6.45, 7) is 9.24. The van der Waals surface area contributed by atoms with Crippen molar-refractivity contribution in [2.75, 3.05) is 13.2 Å². The molecule has 0 fully saturated rings. The van der Waals surface area contributed by atoms with Crippen LogP contribution in [-0.4, -0.2) is 24.3 Å². The third kappa shape index (κ3) is 4.36. The Hall–Kier alpha value is -1.06. The van der Waals surface area contributed by atoms with Crippen molar-refractivity contribution in [2.24, 2.45) is 0 Å². The third-order valence-corrected chi connectivity index (χ3v) is 2.54. The van der Waals surface area contributed by atoms with E-state index in [1.54, 1.807) is 0 Å². The first-order valence-corrected chi connectivity index (χ1v) is 6.19. The van der Waals surface area contributed by atoms with Gasteiger partial charge >= 0.3 is 0 Å². The molecule has 1 rings (SSSR count). The Morgan fingerprint density at radius 3 is 2.65 bits per heavy atom. The normalized spacial score (nSPS) is 12.8. The van der Waals surface area contributed by atoms with Gasteiger partial charge in [0.25, 0.3) is 0 Å². The van der Waals surface area contributed by atoms with Crippen molar-refractivity contribution in [2.45, 2.75) is 39.8 Å². The fourth-order valence-corrected chi connectivity index (χ4v) is 1.67. The van der Waals surface area contributed by atoms with Crippen molar-refractivity contribution in [3.63, 3.8) is 0 Å². The second-order valence-corrected chi connectivity index (χ2v) is 4.55. The van der Waals surface area contributed by atoms with Gasteiger partial charge in [-0.05, 0) is 26.0 Å². The van der Waals surface area contributed by atoms with Crippen LogP contribution < -0.4 is 10.1 Å². The quantitative estimate of drug-likeness (QED) is 0.798. The van der Waals surface area contributed by atoms with Crippen molar-refractivity contribution in [3.05, 3.63) is 29.3 Å². The topological polar surface area (TPSA) is 41.5 Å². The Morgan fingerprint density at radius 1 is 1.35 bits per heavy atom. The molecule has 1 unspecified atom stereocenters. The lowest BCUT2D eigenvalue weighted by atomic mass is 10.0. The maximum atomic E-state index is 10.2. The predicted molar refractivity (Wildman–Crippen MR) is 70.4 cm³/mol. The van der Waals surface area contributed by atoms with Crippen LogP contribution in [0.25, 0.3) is 0 Å². The molecule has 0 aliphatic rings. The Bertz CT molecular complexity index is 350. The Labute approximate surface area is 104 Å². The van der Waals surface area contributed by atoms with E-state index in [1.165, 1.54) is 0 Å². The van der Waals surface area contributed by atoms with E-state index in [-0.39, 0.29) is 0 Å². The number of aliphatic hydroxyl groups excluding tert-OH is 1. The van der Waals surface area contributed by atoms with Crippen LogP contribution in [0.15, 0.2) is 18.2 Å². The third-order valence-electron chi connectivity index (χ3n) is 2.54. The number of hydrogen-bond donors (Lipinski definition) is 2. The monoisotopic (exact) mass is 237 g/mol. The van der Waals surface area contributed by atoms with Crippen LogP contribution in [-0.2, 0) is 0 Å². The highest BCUT2D eigenvalue weighted by molar-refractivity contribution is 5.38. The molecular formula is C14H23NO2. The molecule has 1 aromatic carbocycles. The zero-order valence-corrected chi connectivity index (χ0v) is 11.2. The lowest BCUT2D eigenvalue weighted by molar-refractivity contribution is 0.166. The van der Waals surface area contributed by atoms with Crippen molar-refractivity contribution >= 4 is 0 Å². The van der Waals surface area contributed by atoms with Crippen molar-refractivity contribution in [3.8, 4) is 5.75 Å². The molecular weight excluding hydrogens is 214 g/mol. The lowest BCUT2D eigenvalue weighted by Crippen LogP contribution is -2.28. The molecule has 2 N–H and O–H groups in total. The molecule has 0 amide bonds. The Kier molecular flexibility index (Phi) is 5.45. The first kappa shape index (κ1) is 14.0. The average Bonchev–Trinajstić information content (AvgIpc) is 2.28. The average molecular weight is 237 g/mol. The van der Waals surface area contributed by atoms with Crippen LogP contribution in [0.5, 0.6) is 5.75 Å². The minimum absolute atomic E-state index is 0.366. The molecule has 17 heavy (non-hydrogen) atoms. The van der Waals surface area contributed by atoms with Crippen LogP contribution in [0.3, 0.4) is 0 Å². The van der Waals surface area contributed by atoms with Gasteiger partial charge in [-0.15, -0.1) is 0 Å². The molecule has 0 aliphatic heterocycles. The van der Waals surface area contributed by atoms with Crippen molar-refractivity contribution < 1.29 is 9.84 Å². The summed E-state index contributed by atoms with van der Waals surface area (Å²) in [6, 6.07) is 6.27. The van der Waals surface area contributed by atoms with Gasteiger partial charge < -0.3 is 15.2 Å². The van der Waals surface area contributed by atoms with Gasteiger partial charge in [0.15, 0.2) is 0 Å². The van der Waals surface area contributed by atoms with Crippen molar-refractivity contribution in [1.29, 1.82) is 0 Å². The minimum Gasteiger partial charge on any atom is -0.493 e. The molecule has 3 nitrogen and oxygen atoms in total. The highest BCUT2D eigenvalue weighted by Gasteiger charge is 2.13. The second-order valence-electron chi connectivity index (χ2n) is 4.55. The number of nitrogens with one attached hydrogen (secondary N) is 1. The number of rotatable bonds is 6. The molecule has 0 aromatic heterocycles. The fraction of sp³-hybridized carbons (Fsp3) is 0.571. The first-order valence-electron chi connectivity index (χ1n) is 6.19. The minimum atomic E-state index is -0.529. The van der Waals surface area contributed by atoms with Crippen LogP contribution in [0.2, 0.25) is 0 Å². The zero-order valence-electron chi connectivity index (χ0n) is 11.2. The molecule has 0 aliphatic carbocycles. The molecule has 0 heterocycles. The largest absolute Gasteiger partial charge is 0.493 e. The van der Waals surface area contributed by atoms with Gasteiger partial charge in [0.2, 0.25) is 0 Å². The van der Waals surface area contributed by atoms with Crippen LogP contribution >= 0.6 is 0 Å². The predicted octanol–water partition coefficient (Wildman–Crippen LogP) is 2.43. The van der Waals surface area contributed by atoms with Crippen molar-refractivity contribution in [1.82, 2.24) is 5.32 Å². The molecule has 0 spiro atoms. The summed E-state index contributed by atoms with van der Waals surface area (Å²) in [6.07, 6.45) is -0.529. The Balaban J connectivity index is 2.81. The number of benzene rings is 1. The summed E-state index contributed by atoms with van der Waals surface area (Å²) < 4.78 is 5.53. The molecule has 3 heteroatoms. The SMILES string of the molecule is CCOc1ccc(C)cc1C(O)CNC(C)C. The molecule has 1 aromatic rings. The summed E-state index contributed by atoms with van der Waals surface area (Å²) in [4.78, 5) is 0. The first-order chi connectivity index (χ1) is 8.04. The molecule has 0 saturated heterocycles. The lowest BCUT2D eigenvalue weighted by Gasteiger charge is -2.18. The van der Waals surface area contributed by atoms with E-state index in [0.29, 0.717) is 19.2 Å². The zero-order chi connectivity index (χ0) is 12.8. The van der Waals surface area contributed by atoms with Crippen LogP contribution in [0, 0.1) is 6.92 Å². The highest BCUT2D eigenvalue weighted by atomic mass is 16.5. The number of ether oxygens (including phenoxy) is 1. The van der Waals surface area contributed by atoms with E-state index in [2.05, 4.69) is 19.2 Å². The van der Waals surface area contributed by atoms with Gasteiger partial charge in [-0.25, -0.2) is 0 Å². The molecule has 96 valence electrons. The standard InChI is InChI=1S/C14H23NO2/c1-5-17-14-7-6-11(4)8-12(14)13(16)9-15-10(2)3/h6-8,10,13,15-16H,5,9H2,1-4H3. The van der Waals surface area contributed by atoms with Crippen LogP contribution in [0.4, 0.5) is 0 Å². The van der Waals surface area contributed by atoms with Gasteiger partial charge in [0, 0.05) is 18.2 Å². The van der Waals surface area contributed by atoms with E-state index in [0.717, 1.165) is 16.9 Å². The number of aliphatic hydroxyl groups is 1. The van der Waals surface area contributed by atoms with Gasteiger partial charge in [0.1, 0.15) is 5.75 Å². The molecule has 0 radical (unpaired) electrons. The summed E-state index contributed by atoms with van der Waals surface area (Å²) in [7, 11) is 0. The maximum Gasteiger partial charge on any atom is 0.125 e. The Morgan fingerprint density at radius 2 is 2.06 bits per heavy atom. The van der Waals surface area contributed by atoms with E-state index in [4.69, 9.17) is 4.74 Å².